The van der Waals surface area contributed by atoms with Crippen LogP contribution >= 0.6 is 0 Å². The van der Waals surface area contributed by atoms with Gasteiger partial charge in [-0.3, -0.25) is 0 Å². The molecule has 0 radical (unpaired) electrons. The molecule has 3 aromatic rings. The number of carbonyl (C=O) groups is 1. The summed E-state index contributed by atoms with van der Waals surface area (Å²) in [5.41, 5.74) is 2.25. The van der Waals surface area contributed by atoms with Gasteiger partial charge < -0.3 is 25.7 Å². The van der Waals surface area contributed by atoms with E-state index in [1.54, 1.807) is 12.1 Å². The number of urea groups is 1. The molecule has 1 fully saturated rings. The van der Waals surface area contributed by atoms with Crippen LogP contribution in [-0.2, 0) is 6.42 Å². The molecule has 4 rings (SSSR count). The summed E-state index contributed by atoms with van der Waals surface area (Å²) in [5, 5.41) is 9.86. The molecule has 2 aromatic carbocycles. The van der Waals surface area contributed by atoms with Crippen molar-refractivity contribution in [1.29, 1.82) is 0 Å². The first-order valence-corrected chi connectivity index (χ1v) is 11.7. The van der Waals surface area contributed by atoms with Crippen LogP contribution in [0.1, 0.15) is 58.0 Å². The summed E-state index contributed by atoms with van der Waals surface area (Å²) in [5.74, 6) is 0.372. The van der Waals surface area contributed by atoms with Gasteiger partial charge in [-0.05, 0) is 70.4 Å². The second-order valence-electron chi connectivity index (χ2n) is 10.5. The number of H-pyrrole nitrogens is 1. The Morgan fingerprint density at radius 3 is 2.53 bits per heavy atom. The Hall–Kier alpha value is -3.13. The van der Waals surface area contributed by atoms with E-state index in [4.69, 9.17) is 4.74 Å². The van der Waals surface area contributed by atoms with E-state index >= 15 is 0 Å². The van der Waals surface area contributed by atoms with E-state index in [0.717, 1.165) is 29.4 Å². The predicted molar refractivity (Wildman–Crippen MR) is 131 cm³/mol. The molecule has 1 unspecified atom stereocenters. The summed E-state index contributed by atoms with van der Waals surface area (Å²) in [4.78, 5) is 21.1. The maximum atomic E-state index is 14.3. The summed E-state index contributed by atoms with van der Waals surface area (Å²) in [6.45, 7) is 8.59. The number of fused-ring (bicyclic) bond motifs is 1. The third-order valence-electron chi connectivity index (χ3n) is 6.22. The fraction of sp³-hybridized carbons (Fsp3) is 0.462. The molecule has 1 aromatic heterocycles. The molecule has 7 nitrogen and oxygen atoms in total. The van der Waals surface area contributed by atoms with E-state index in [0.29, 0.717) is 12.2 Å². The topological polar surface area (TPSA) is 91.1 Å². The van der Waals surface area contributed by atoms with Gasteiger partial charge in [-0.15, -0.1) is 0 Å². The normalized spacial score (nSPS) is 18.4. The van der Waals surface area contributed by atoms with Crippen molar-refractivity contribution in [2.45, 2.75) is 70.1 Å². The fourth-order valence-corrected chi connectivity index (χ4v) is 5.24. The maximum absolute atomic E-state index is 14.3. The van der Waals surface area contributed by atoms with Gasteiger partial charge in [0, 0.05) is 23.5 Å². The minimum atomic E-state index is -0.470. The van der Waals surface area contributed by atoms with Crippen molar-refractivity contribution in [3.05, 3.63) is 59.7 Å². The number of nitrogens with zero attached hydrogens (tertiary/aromatic N) is 1. The van der Waals surface area contributed by atoms with Crippen molar-refractivity contribution in [3.8, 4) is 5.75 Å². The molecule has 0 bridgehead atoms. The van der Waals surface area contributed by atoms with E-state index in [2.05, 4.69) is 53.6 Å². The van der Waals surface area contributed by atoms with Crippen molar-refractivity contribution in [2.24, 2.45) is 0 Å². The molecule has 0 aliphatic carbocycles. The number of nitrogens with one attached hydrogen (secondary N) is 4. The molecule has 4 N–H and O–H groups in total. The number of para-hydroxylation sites is 2. The van der Waals surface area contributed by atoms with E-state index in [1.165, 1.54) is 13.2 Å². The van der Waals surface area contributed by atoms with Crippen LogP contribution in [0.4, 0.5) is 9.18 Å². The van der Waals surface area contributed by atoms with Gasteiger partial charge in [0.1, 0.15) is 5.82 Å². The largest absolute Gasteiger partial charge is 0.494 e. The summed E-state index contributed by atoms with van der Waals surface area (Å²) in [6, 6.07) is 11.8. The zero-order valence-electron chi connectivity index (χ0n) is 20.5. The molecular formula is C26H34FN5O2. The third-order valence-corrected chi connectivity index (χ3v) is 6.22. The van der Waals surface area contributed by atoms with Crippen molar-refractivity contribution >= 4 is 17.1 Å². The van der Waals surface area contributed by atoms with Crippen LogP contribution in [0, 0.1) is 5.82 Å². The first kappa shape index (κ1) is 24.0. The molecular weight excluding hydrogens is 433 g/mol. The molecule has 2 amide bonds. The Labute approximate surface area is 199 Å². The van der Waals surface area contributed by atoms with Gasteiger partial charge in [-0.1, -0.05) is 18.2 Å². The van der Waals surface area contributed by atoms with Crippen LogP contribution in [0.2, 0.25) is 0 Å². The van der Waals surface area contributed by atoms with Crippen LogP contribution in [0.25, 0.3) is 11.0 Å². The van der Waals surface area contributed by atoms with Gasteiger partial charge in [-0.2, -0.15) is 0 Å². The number of benzene rings is 2. The first-order chi connectivity index (χ1) is 16.0. The number of piperidine rings is 1. The highest BCUT2D eigenvalue weighted by Gasteiger charge is 2.38. The summed E-state index contributed by atoms with van der Waals surface area (Å²) < 4.78 is 19.4. The van der Waals surface area contributed by atoms with Crippen molar-refractivity contribution in [3.63, 3.8) is 0 Å². The number of methoxy groups -OCH3 is 1. The van der Waals surface area contributed by atoms with Crippen LogP contribution in [0.15, 0.2) is 42.5 Å². The van der Waals surface area contributed by atoms with Crippen LogP contribution in [0.3, 0.4) is 0 Å². The number of imidazole rings is 1. The molecule has 0 spiro atoms. The highest BCUT2D eigenvalue weighted by atomic mass is 19.1. The molecule has 8 heteroatoms. The van der Waals surface area contributed by atoms with Gasteiger partial charge in [0.25, 0.3) is 0 Å². The van der Waals surface area contributed by atoms with Crippen LogP contribution in [0.5, 0.6) is 5.75 Å². The molecule has 34 heavy (non-hydrogen) atoms. The van der Waals surface area contributed by atoms with E-state index < -0.39 is 11.9 Å². The number of halogens is 1. The fourth-order valence-electron chi connectivity index (χ4n) is 5.24. The minimum Gasteiger partial charge on any atom is -0.494 e. The number of hydrogen-bond donors (Lipinski definition) is 4. The summed E-state index contributed by atoms with van der Waals surface area (Å²) in [7, 11) is 1.44. The summed E-state index contributed by atoms with van der Waals surface area (Å²) >= 11 is 0. The Kier molecular flexibility index (Phi) is 6.53. The van der Waals surface area contributed by atoms with Gasteiger partial charge in [-0.25, -0.2) is 14.2 Å². The number of rotatable bonds is 6. The third kappa shape index (κ3) is 5.67. The number of aromatic nitrogens is 2. The zero-order valence-corrected chi connectivity index (χ0v) is 20.5. The number of aromatic amines is 1. The Balaban J connectivity index is 1.55. The second kappa shape index (κ2) is 9.25. The molecule has 1 aliphatic heterocycles. The number of ether oxygens (including phenoxy) is 1. The monoisotopic (exact) mass is 467 g/mol. The average Bonchev–Trinajstić information content (AvgIpc) is 3.15. The zero-order chi connectivity index (χ0) is 24.5. The van der Waals surface area contributed by atoms with Gasteiger partial charge >= 0.3 is 6.03 Å². The van der Waals surface area contributed by atoms with Crippen molar-refractivity contribution in [1.82, 2.24) is 25.9 Å². The lowest BCUT2D eigenvalue weighted by Gasteiger charge is -2.46. The lowest BCUT2D eigenvalue weighted by Crippen LogP contribution is -2.62. The number of hydrogen-bond acceptors (Lipinski definition) is 4. The highest BCUT2D eigenvalue weighted by Crippen LogP contribution is 2.29. The SMILES string of the molecule is COc1ccc(CC(NC(=O)NC2CC(C)(C)NC(C)(C)C2)c2nc3ccccc3[nH]2)cc1F. The summed E-state index contributed by atoms with van der Waals surface area (Å²) in [6.07, 6.45) is 2.02. The smallest absolute Gasteiger partial charge is 0.315 e. The first-order valence-electron chi connectivity index (χ1n) is 11.7. The van der Waals surface area contributed by atoms with E-state index in [9.17, 15) is 9.18 Å². The number of carbonyl (C=O) groups excluding carboxylic acids is 1. The van der Waals surface area contributed by atoms with Gasteiger partial charge in [0.15, 0.2) is 11.6 Å². The molecule has 2 heterocycles. The Morgan fingerprint density at radius 2 is 1.88 bits per heavy atom. The quantitative estimate of drug-likeness (QED) is 0.426. The molecule has 1 aliphatic rings. The van der Waals surface area contributed by atoms with Crippen molar-refractivity contribution < 1.29 is 13.9 Å². The lowest BCUT2D eigenvalue weighted by molar-refractivity contribution is 0.147. The Bertz CT molecular complexity index is 1120. The molecule has 182 valence electrons. The lowest BCUT2D eigenvalue weighted by atomic mass is 9.80. The minimum absolute atomic E-state index is 0.0287. The van der Waals surface area contributed by atoms with Gasteiger partial charge in [0.05, 0.1) is 24.2 Å². The molecule has 1 atom stereocenters. The van der Waals surface area contributed by atoms with E-state index in [-0.39, 0.29) is 28.9 Å². The molecule has 0 saturated carbocycles. The van der Waals surface area contributed by atoms with Crippen LogP contribution < -0.4 is 20.7 Å². The van der Waals surface area contributed by atoms with Crippen LogP contribution in [-0.4, -0.2) is 40.2 Å². The highest BCUT2D eigenvalue weighted by molar-refractivity contribution is 5.76. The second-order valence-corrected chi connectivity index (χ2v) is 10.5. The van der Waals surface area contributed by atoms with E-state index in [1.807, 2.05) is 24.3 Å². The standard InChI is InChI=1S/C26H34FN5O2/c1-25(2)14-17(15-26(3,4)32-25)28-24(33)31-21(13-16-10-11-22(34-5)18(27)12-16)23-29-19-8-6-7-9-20(19)30-23/h6-12,17,21,32H,13-15H2,1-5H3,(H,29,30)(H2,28,31,33). The number of amides is 2. The van der Waals surface area contributed by atoms with Crippen molar-refractivity contribution in [2.75, 3.05) is 7.11 Å². The predicted octanol–water partition coefficient (Wildman–Crippen LogP) is 4.60. The molecule has 1 saturated heterocycles. The Morgan fingerprint density at radius 1 is 1.18 bits per heavy atom. The van der Waals surface area contributed by atoms with Gasteiger partial charge in [0.2, 0.25) is 0 Å². The average molecular weight is 468 g/mol. The maximum Gasteiger partial charge on any atom is 0.315 e.